The van der Waals surface area contributed by atoms with E-state index in [-0.39, 0.29) is 0 Å². The molecule has 0 bridgehead atoms. The average Bonchev–Trinajstić information content (AvgIpc) is 3.07. The third kappa shape index (κ3) is 2.60. The second-order valence-electron chi connectivity index (χ2n) is 5.56. The van der Waals surface area contributed by atoms with Crippen LogP contribution >= 0.6 is 11.3 Å². The number of hydrogen-bond acceptors (Lipinski definition) is 4. The van der Waals surface area contributed by atoms with Crippen LogP contribution in [-0.2, 0) is 6.42 Å². The maximum atomic E-state index is 4.35. The molecule has 1 aromatic heterocycles. The van der Waals surface area contributed by atoms with E-state index in [2.05, 4.69) is 22.1 Å². The van der Waals surface area contributed by atoms with E-state index in [1.165, 1.54) is 62.3 Å². The Labute approximate surface area is 114 Å². The van der Waals surface area contributed by atoms with E-state index < -0.39 is 0 Å². The Morgan fingerprint density at radius 2 is 2.39 bits per heavy atom. The Balaban J connectivity index is 1.56. The Bertz CT molecular complexity index is 384. The van der Waals surface area contributed by atoms with Crippen LogP contribution in [0.5, 0.6) is 0 Å². The van der Waals surface area contributed by atoms with Gasteiger partial charge in [0.2, 0.25) is 0 Å². The summed E-state index contributed by atoms with van der Waals surface area (Å²) in [5.74, 6) is 0. The van der Waals surface area contributed by atoms with Gasteiger partial charge in [0.05, 0.1) is 11.2 Å². The zero-order valence-electron chi connectivity index (χ0n) is 11.2. The number of thiazole rings is 1. The fourth-order valence-electron chi connectivity index (χ4n) is 3.44. The number of rotatable bonds is 4. The van der Waals surface area contributed by atoms with Crippen LogP contribution in [0.15, 0.2) is 5.51 Å². The average molecular weight is 265 g/mol. The lowest BCUT2D eigenvalue weighted by atomic mass is 10.0. The fourth-order valence-corrected chi connectivity index (χ4v) is 4.21. The highest BCUT2D eigenvalue weighted by atomic mass is 32.1. The molecule has 0 aliphatic carbocycles. The van der Waals surface area contributed by atoms with Crippen molar-refractivity contribution in [2.24, 2.45) is 0 Å². The highest BCUT2D eigenvalue weighted by molar-refractivity contribution is 7.09. The van der Waals surface area contributed by atoms with Gasteiger partial charge in [-0.15, -0.1) is 11.3 Å². The molecule has 1 N–H and O–H groups in total. The molecule has 100 valence electrons. The van der Waals surface area contributed by atoms with Gasteiger partial charge < -0.3 is 5.32 Å². The molecule has 0 aromatic carbocycles. The lowest BCUT2D eigenvalue weighted by molar-refractivity contribution is 0.217. The molecule has 2 aliphatic rings. The highest BCUT2D eigenvalue weighted by Crippen LogP contribution is 2.25. The second-order valence-corrected chi connectivity index (χ2v) is 6.50. The van der Waals surface area contributed by atoms with Crippen LogP contribution in [0.25, 0.3) is 0 Å². The van der Waals surface area contributed by atoms with Gasteiger partial charge in [-0.2, -0.15) is 0 Å². The lowest BCUT2D eigenvalue weighted by Crippen LogP contribution is -2.44. The minimum atomic E-state index is 0.759. The molecule has 3 heterocycles. The van der Waals surface area contributed by atoms with Gasteiger partial charge in [0.25, 0.3) is 0 Å². The minimum Gasteiger partial charge on any atom is -0.312 e. The van der Waals surface area contributed by atoms with Crippen LogP contribution in [0.2, 0.25) is 0 Å². The molecule has 0 saturated carbocycles. The molecule has 4 heteroatoms. The smallest absolute Gasteiger partial charge is 0.0797 e. The molecule has 2 atom stereocenters. The molecule has 0 amide bonds. The predicted octanol–water partition coefficient (Wildman–Crippen LogP) is 2.21. The van der Waals surface area contributed by atoms with Gasteiger partial charge in [-0.05, 0) is 52.1 Å². The topological polar surface area (TPSA) is 28.2 Å². The van der Waals surface area contributed by atoms with Crippen molar-refractivity contribution in [3.8, 4) is 0 Å². The van der Waals surface area contributed by atoms with Gasteiger partial charge in [-0.3, -0.25) is 4.90 Å². The van der Waals surface area contributed by atoms with Crippen LogP contribution in [0.3, 0.4) is 0 Å². The van der Waals surface area contributed by atoms with Crippen LogP contribution in [0.4, 0.5) is 0 Å². The molecular weight excluding hydrogens is 242 g/mol. The number of nitrogens with one attached hydrogen (secondary N) is 1. The minimum absolute atomic E-state index is 0.759. The summed E-state index contributed by atoms with van der Waals surface area (Å²) in [7, 11) is 0. The van der Waals surface area contributed by atoms with Gasteiger partial charge in [-0.1, -0.05) is 0 Å². The third-order valence-electron chi connectivity index (χ3n) is 4.45. The van der Waals surface area contributed by atoms with E-state index in [9.17, 15) is 0 Å². The first-order valence-electron chi connectivity index (χ1n) is 7.21. The quantitative estimate of drug-likeness (QED) is 0.905. The molecule has 0 radical (unpaired) electrons. The Morgan fingerprint density at radius 1 is 1.44 bits per heavy atom. The van der Waals surface area contributed by atoms with Crippen molar-refractivity contribution in [2.75, 3.05) is 19.6 Å². The van der Waals surface area contributed by atoms with Crippen molar-refractivity contribution in [3.05, 3.63) is 16.1 Å². The van der Waals surface area contributed by atoms with Gasteiger partial charge in [0, 0.05) is 23.5 Å². The molecule has 2 aliphatic heterocycles. The van der Waals surface area contributed by atoms with Crippen LogP contribution in [-0.4, -0.2) is 41.6 Å². The van der Waals surface area contributed by atoms with Crippen LogP contribution < -0.4 is 5.32 Å². The highest BCUT2D eigenvalue weighted by Gasteiger charge is 2.32. The first kappa shape index (κ1) is 12.6. The van der Waals surface area contributed by atoms with Gasteiger partial charge in [0.15, 0.2) is 0 Å². The maximum Gasteiger partial charge on any atom is 0.0797 e. The summed E-state index contributed by atoms with van der Waals surface area (Å²) in [5, 5.41) is 3.68. The number of likely N-dealkylation sites (tertiary alicyclic amines) is 1. The zero-order chi connectivity index (χ0) is 12.4. The van der Waals surface area contributed by atoms with Crippen molar-refractivity contribution < 1.29 is 0 Å². The Kier molecular flexibility index (Phi) is 3.97. The van der Waals surface area contributed by atoms with Crippen LogP contribution in [0.1, 0.15) is 36.3 Å². The summed E-state index contributed by atoms with van der Waals surface area (Å²) in [6, 6.07) is 1.55. The molecule has 2 fully saturated rings. The molecule has 1 aromatic rings. The molecular formula is C14H23N3S. The summed E-state index contributed by atoms with van der Waals surface area (Å²) in [6.07, 6.45) is 6.69. The maximum absolute atomic E-state index is 4.35. The summed E-state index contributed by atoms with van der Waals surface area (Å²) in [6.45, 7) is 5.86. The monoisotopic (exact) mass is 265 g/mol. The number of nitrogens with zero attached hydrogens (tertiary/aromatic N) is 2. The van der Waals surface area contributed by atoms with Gasteiger partial charge >= 0.3 is 0 Å². The Hall–Kier alpha value is -0.450. The Morgan fingerprint density at radius 3 is 3.11 bits per heavy atom. The predicted molar refractivity (Wildman–Crippen MR) is 76.2 cm³/mol. The third-order valence-corrected chi connectivity index (χ3v) is 5.44. The van der Waals surface area contributed by atoms with Crippen molar-refractivity contribution >= 4 is 11.3 Å². The number of aromatic nitrogens is 1. The molecule has 3 nitrogen and oxygen atoms in total. The first-order chi connectivity index (χ1) is 8.84. The van der Waals surface area contributed by atoms with Crippen molar-refractivity contribution in [1.29, 1.82) is 0 Å². The second kappa shape index (κ2) is 5.68. The van der Waals surface area contributed by atoms with E-state index in [0.717, 1.165) is 12.1 Å². The van der Waals surface area contributed by atoms with Crippen molar-refractivity contribution in [2.45, 2.75) is 51.1 Å². The lowest BCUT2D eigenvalue weighted by Gasteiger charge is -2.29. The number of hydrogen-bond donors (Lipinski definition) is 1. The van der Waals surface area contributed by atoms with Gasteiger partial charge in [-0.25, -0.2) is 4.98 Å². The van der Waals surface area contributed by atoms with Crippen LogP contribution in [0, 0.1) is 6.92 Å². The van der Waals surface area contributed by atoms with E-state index in [1.54, 1.807) is 0 Å². The summed E-state index contributed by atoms with van der Waals surface area (Å²) in [5.41, 5.74) is 3.21. The SMILES string of the molecule is Cc1ncsc1CCN1CCCC1C1CCCN1. The van der Waals surface area contributed by atoms with Crippen molar-refractivity contribution in [1.82, 2.24) is 15.2 Å². The van der Waals surface area contributed by atoms with E-state index in [4.69, 9.17) is 0 Å². The van der Waals surface area contributed by atoms with Crippen molar-refractivity contribution in [3.63, 3.8) is 0 Å². The van der Waals surface area contributed by atoms with E-state index in [0.29, 0.717) is 0 Å². The largest absolute Gasteiger partial charge is 0.312 e. The molecule has 18 heavy (non-hydrogen) atoms. The molecule has 3 rings (SSSR count). The molecule has 2 unspecified atom stereocenters. The normalized spacial score (nSPS) is 29.2. The van der Waals surface area contributed by atoms with E-state index >= 15 is 0 Å². The van der Waals surface area contributed by atoms with Gasteiger partial charge in [0.1, 0.15) is 0 Å². The summed E-state index contributed by atoms with van der Waals surface area (Å²) in [4.78, 5) is 8.53. The summed E-state index contributed by atoms with van der Waals surface area (Å²) >= 11 is 1.81. The first-order valence-corrected chi connectivity index (χ1v) is 8.09. The molecule has 2 saturated heterocycles. The summed E-state index contributed by atoms with van der Waals surface area (Å²) < 4.78 is 0. The zero-order valence-corrected chi connectivity index (χ0v) is 12.0. The molecule has 0 spiro atoms. The number of aryl methyl sites for hydroxylation is 1. The standard InChI is InChI=1S/C14H23N3S/c1-11-14(18-10-16-11)6-9-17-8-3-5-13(17)12-4-2-7-15-12/h10,12-13,15H,2-9H2,1H3. The fraction of sp³-hybridized carbons (Fsp3) is 0.786. The van der Waals surface area contributed by atoms with E-state index in [1.807, 2.05) is 16.8 Å².